The lowest BCUT2D eigenvalue weighted by atomic mass is 10.3. The number of hydrogen-bond donors (Lipinski definition) is 0. The number of hydrogen-bond acceptors (Lipinski definition) is 4. The number of carbonyl (C=O) groups is 1. The first-order valence-electron chi connectivity index (χ1n) is 4.34. The molecule has 4 nitrogen and oxygen atoms in total. The topological polar surface area (TPSA) is 54.5 Å². The number of carbonyl (C=O) groups excluding carboxylic acids is 1. The van der Waals surface area contributed by atoms with Gasteiger partial charge in [-0.25, -0.2) is 8.42 Å². The number of ketones is 1. The Balaban J connectivity index is 2.59. The predicted molar refractivity (Wildman–Crippen MR) is 50.4 cm³/mol. The second-order valence-corrected chi connectivity index (χ2v) is 5.86. The molecular formula is C8H15NO3S. The summed E-state index contributed by atoms with van der Waals surface area (Å²) in [6.07, 6.45) is 0. The van der Waals surface area contributed by atoms with E-state index in [1.807, 2.05) is 11.8 Å². The number of rotatable bonds is 2. The van der Waals surface area contributed by atoms with Crippen LogP contribution in [0.1, 0.15) is 13.8 Å². The highest BCUT2D eigenvalue weighted by molar-refractivity contribution is 7.91. The summed E-state index contributed by atoms with van der Waals surface area (Å²) in [5, 5.41) is 0. The molecule has 1 aliphatic heterocycles. The van der Waals surface area contributed by atoms with Crippen LogP contribution in [0.25, 0.3) is 0 Å². The number of Topliss-reactive ketones (excluding diaryl/α,β-unsaturated/α-hetero) is 1. The fourth-order valence-electron chi connectivity index (χ4n) is 1.55. The van der Waals surface area contributed by atoms with Crippen molar-refractivity contribution in [2.75, 3.05) is 24.6 Å². The van der Waals surface area contributed by atoms with E-state index in [9.17, 15) is 13.2 Å². The van der Waals surface area contributed by atoms with Crippen molar-refractivity contribution in [1.82, 2.24) is 4.90 Å². The minimum atomic E-state index is -2.85. The van der Waals surface area contributed by atoms with Crippen LogP contribution < -0.4 is 0 Å². The average molecular weight is 205 g/mol. The molecule has 0 radical (unpaired) electrons. The van der Waals surface area contributed by atoms with Crippen molar-refractivity contribution in [2.24, 2.45) is 0 Å². The summed E-state index contributed by atoms with van der Waals surface area (Å²) in [6, 6.07) is -0.0253. The van der Waals surface area contributed by atoms with Crippen LogP contribution in [0.2, 0.25) is 0 Å². The zero-order valence-corrected chi connectivity index (χ0v) is 8.80. The van der Waals surface area contributed by atoms with Crippen molar-refractivity contribution in [2.45, 2.75) is 19.9 Å². The molecule has 0 amide bonds. The highest BCUT2D eigenvalue weighted by Crippen LogP contribution is 2.10. The molecule has 0 aromatic rings. The van der Waals surface area contributed by atoms with Gasteiger partial charge in [-0.15, -0.1) is 0 Å². The molecule has 1 heterocycles. The van der Waals surface area contributed by atoms with Crippen molar-refractivity contribution in [1.29, 1.82) is 0 Å². The van der Waals surface area contributed by atoms with Crippen LogP contribution in [0, 0.1) is 0 Å². The molecule has 0 N–H and O–H groups in total. The normalized spacial score (nSPS) is 28.6. The summed E-state index contributed by atoms with van der Waals surface area (Å²) < 4.78 is 22.4. The van der Waals surface area contributed by atoms with Gasteiger partial charge in [-0.05, 0) is 13.8 Å². The number of nitrogens with zero attached hydrogens (tertiary/aromatic N) is 1. The standard InChI is InChI=1S/C8H15NO3S/c1-7-6-13(11,12)4-3-9(7)5-8(2)10/h7H,3-6H2,1-2H3. The monoisotopic (exact) mass is 205 g/mol. The maximum absolute atomic E-state index is 11.2. The molecular weight excluding hydrogens is 190 g/mol. The van der Waals surface area contributed by atoms with Gasteiger partial charge in [0.15, 0.2) is 9.84 Å². The Morgan fingerprint density at radius 2 is 2.15 bits per heavy atom. The van der Waals surface area contributed by atoms with Gasteiger partial charge in [-0.1, -0.05) is 0 Å². The first-order chi connectivity index (χ1) is 5.91. The Kier molecular flexibility index (Phi) is 3.08. The van der Waals surface area contributed by atoms with E-state index in [0.717, 1.165) is 0 Å². The molecule has 0 bridgehead atoms. The van der Waals surface area contributed by atoms with Crippen molar-refractivity contribution in [3.05, 3.63) is 0 Å². The van der Waals surface area contributed by atoms with E-state index in [2.05, 4.69) is 0 Å². The summed E-state index contributed by atoms with van der Waals surface area (Å²) >= 11 is 0. The highest BCUT2D eigenvalue weighted by atomic mass is 32.2. The van der Waals surface area contributed by atoms with Gasteiger partial charge < -0.3 is 0 Å². The lowest BCUT2D eigenvalue weighted by molar-refractivity contribution is -0.118. The third-order valence-corrected chi connectivity index (χ3v) is 4.03. The van der Waals surface area contributed by atoms with Gasteiger partial charge in [0.25, 0.3) is 0 Å². The third kappa shape index (κ3) is 3.08. The quantitative estimate of drug-likeness (QED) is 0.621. The lowest BCUT2D eigenvalue weighted by Crippen LogP contribution is -2.48. The van der Waals surface area contributed by atoms with Crippen molar-refractivity contribution >= 4 is 15.6 Å². The van der Waals surface area contributed by atoms with E-state index in [-0.39, 0.29) is 23.3 Å². The van der Waals surface area contributed by atoms with Crippen LogP contribution in [0.15, 0.2) is 0 Å². The summed E-state index contributed by atoms with van der Waals surface area (Å²) in [7, 11) is -2.85. The Labute approximate surface area is 78.8 Å². The molecule has 1 fully saturated rings. The molecule has 0 aromatic heterocycles. The van der Waals surface area contributed by atoms with Gasteiger partial charge in [0.1, 0.15) is 5.78 Å². The van der Waals surface area contributed by atoms with Crippen molar-refractivity contribution < 1.29 is 13.2 Å². The maximum atomic E-state index is 11.2. The van der Waals surface area contributed by atoms with E-state index < -0.39 is 9.84 Å². The average Bonchev–Trinajstić information content (AvgIpc) is 1.93. The first kappa shape index (κ1) is 10.7. The fraction of sp³-hybridized carbons (Fsp3) is 0.875. The van der Waals surface area contributed by atoms with Crippen LogP contribution >= 0.6 is 0 Å². The Hall–Kier alpha value is -0.420. The van der Waals surface area contributed by atoms with Crippen molar-refractivity contribution in [3.63, 3.8) is 0 Å². The van der Waals surface area contributed by atoms with Gasteiger partial charge in [0, 0.05) is 12.6 Å². The summed E-state index contributed by atoms with van der Waals surface area (Å²) in [5.74, 6) is 0.455. The van der Waals surface area contributed by atoms with Crippen molar-refractivity contribution in [3.8, 4) is 0 Å². The molecule has 5 heteroatoms. The molecule has 1 aliphatic rings. The first-order valence-corrected chi connectivity index (χ1v) is 6.17. The number of sulfone groups is 1. The van der Waals surface area contributed by atoms with Gasteiger partial charge >= 0.3 is 0 Å². The van der Waals surface area contributed by atoms with Gasteiger partial charge in [0.2, 0.25) is 0 Å². The molecule has 13 heavy (non-hydrogen) atoms. The molecule has 1 atom stereocenters. The zero-order chi connectivity index (χ0) is 10.1. The molecule has 1 unspecified atom stereocenters. The van der Waals surface area contributed by atoms with E-state index in [0.29, 0.717) is 13.1 Å². The second-order valence-electron chi connectivity index (χ2n) is 3.64. The van der Waals surface area contributed by atoms with E-state index in [4.69, 9.17) is 0 Å². The summed E-state index contributed by atoms with van der Waals surface area (Å²) in [6.45, 7) is 4.23. The van der Waals surface area contributed by atoms with E-state index in [1.165, 1.54) is 6.92 Å². The Morgan fingerprint density at radius 3 is 2.62 bits per heavy atom. The predicted octanol–water partition coefficient (Wildman–Crippen LogP) is -0.306. The Morgan fingerprint density at radius 1 is 1.54 bits per heavy atom. The van der Waals surface area contributed by atoms with Gasteiger partial charge in [0.05, 0.1) is 18.1 Å². The molecule has 0 aromatic carbocycles. The van der Waals surface area contributed by atoms with Crippen LogP contribution in [0.3, 0.4) is 0 Å². The van der Waals surface area contributed by atoms with Gasteiger partial charge in [-0.2, -0.15) is 0 Å². The van der Waals surface area contributed by atoms with Crippen LogP contribution in [0.5, 0.6) is 0 Å². The second kappa shape index (κ2) is 3.75. The highest BCUT2D eigenvalue weighted by Gasteiger charge is 2.28. The molecule has 0 saturated carbocycles. The summed E-state index contributed by atoms with van der Waals surface area (Å²) in [5.41, 5.74) is 0. The molecule has 76 valence electrons. The summed E-state index contributed by atoms with van der Waals surface area (Å²) in [4.78, 5) is 12.7. The SMILES string of the molecule is CC(=O)CN1CCS(=O)(=O)CC1C. The molecule has 0 aliphatic carbocycles. The van der Waals surface area contributed by atoms with Crippen LogP contribution in [-0.4, -0.2) is 49.7 Å². The van der Waals surface area contributed by atoms with Gasteiger partial charge in [-0.3, -0.25) is 9.69 Å². The minimum Gasteiger partial charge on any atom is -0.299 e. The maximum Gasteiger partial charge on any atom is 0.153 e. The van der Waals surface area contributed by atoms with Crippen LogP contribution in [0.4, 0.5) is 0 Å². The largest absolute Gasteiger partial charge is 0.299 e. The molecule has 1 saturated heterocycles. The molecule has 1 rings (SSSR count). The Bertz CT molecular complexity index is 297. The lowest BCUT2D eigenvalue weighted by Gasteiger charge is -2.31. The zero-order valence-electron chi connectivity index (χ0n) is 7.99. The third-order valence-electron chi connectivity index (χ3n) is 2.23. The van der Waals surface area contributed by atoms with Crippen LogP contribution in [-0.2, 0) is 14.6 Å². The van der Waals surface area contributed by atoms with E-state index >= 15 is 0 Å². The minimum absolute atomic E-state index is 0.0253. The molecule has 0 spiro atoms. The van der Waals surface area contributed by atoms with E-state index in [1.54, 1.807) is 0 Å². The smallest absolute Gasteiger partial charge is 0.153 e. The fourth-order valence-corrected chi connectivity index (χ4v) is 3.18.